The third-order valence-corrected chi connectivity index (χ3v) is 3.72. The van der Waals surface area contributed by atoms with Gasteiger partial charge in [-0.25, -0.2) is 0 Å². The maximum atomic E-state index is 10.6. The average Bonchev–Trinajstić information content (AvgIpc) is 2.96. The number of carboxylic acids is 1. The Morgan fingerprint density at radius 2 is 2.21 bits per heavy atom. The van der Waals surface area contributed by atoms with E-state index in [0.29, 0.717) is 18.1 Å². The highest BCUT2D eigenvalue weighted by atomic mass is 16.5. The quantitative estimate of drug-likeness (QED) is 0.850. The topological polar surface area (TPSA) is 85.5 Å². The van der Waals surface area contributed by atoms with Crippen molar-refractivity contribution in [3.05, 3.63) is 11.7 Å². The molecule has 1 aliphatic carbocycles. The molecule has 6 heteroatoms. The highest BCUT2D eigenvalue weighted by molar-refractivity contribution is 5.66. The van der Waals surface area contributed by atoms with Gasteiger partial charge in [0.2, 0.25) is 11.7 Å². The van der Waals surface area contributed by atoms with Gasteiger partial charge in [0.05, 0.1) is 0 Å². The second kappa shape index (κ2) is 5.69. The van der Waals surface area contributed by atoms with Crippen LogP contribution in [-0.2, 0) is 21.6 Å². The number of rotatable bonds is 6. The standard InChI is InChI=1S/C13H20N2O4/c1-9(8-11(16)17)7-10-14-12(15-19-10)13(18-2)5-3-4-6-13/h9H,3-8H2,1-2H3,(H,16,17). The van der Waals surface area contributed by atoms with Gasteiger partial charge in [-0.3, -0.25) is 4.79 Å². The van der Waals surface area contributed by atoms with E-state index in [0.717, 1.165) is 25.7 Å². The van der Waals surface area contributed by atoms with Crippen LogP contribution in [0.25, 0.3) is 0 Å². The molecule has 1 aromatic heterocycles. The number of aliphatic carboxylic acids is 1. The summed E-state index contributed by atoms with van der Waals surface area (Å²) in [7, 11) is 1.68. The first-order valence-electron chi connectivity index (χ1n) is 6.66. The molecule has 106 valence electrons. The molecule has 0 radical (unpaired) electrons. The second-order valence-corrected chi connectivity index (χ2v) is 5.32. The van der Waals surface area contributed by atoms with Crippen LogP contribution in [0.1, 0.15) is 50.7 Å². The van der Waals surface area contributed by atoms with Crippen molar-refractivity contribution >= 4 is 5.97 Å². The fourth-order valence-corrected chi connectivity index (χ4v) is 2.66. The highest BCUT2D eigenvalue weighted by Gasteiger charge is 2.40. The van der Waals surface area contributed by atoms with Crippen molar-refractivity contribution in [2.45, 2.75) is 51.0 Å². The Hall–Kier alpha value is -1.43. The number of carbonyl (C=O) groups is 1. The molecule has 1 N–H and O–H groups in total. The van der Waals surface area contributed by atoms with Crippen LogP contribution in [0.5, 0.6) is 0 Å². The van der Waals surface area contributed by atoms with E-state index in [1.165, 1.54) is 0 Å². The van der Waals surface area contributed by atoms with Crippen molar-refractivity contribution in [3.63, 3.8) is 0 Å². The first-order valence-corrected chi connectivity index (χ1v) is 6.66. The van der Waals surface area contributed by atoms with E-state index < -0.39 is 11.6 Å². The highest BCUT2D eigenvalue weighted by Crippen LogP contribution is 2.40. The zero-order chi connectivity index (χ0) is 13.9. The summed E-state index contributed by atoms with van der Waals surface area (Å²) < 4.78 is 10.8. The lowest BCUT2D eigenvalue weighted by molar-refractivity contribution is -0.137. The van der Waals surface area contributed by atoms with Crippen molar-refractivity contribution < 1.29 is 19.2 Å². The minimum atomic E-state index is -0.809. The van der Waals surface area contributed by atoms with E-state index >= 15 is 0 Å². The maximum absolute atomic E-state index is 10.6. The van der Waals surface area contributed by atoms with Crippen LogP contribution in [0.4, 0.5) is 0 Å². The van der Waals surface area contributed by atoms with E-state index in [2.05, 4.69) is 10.1 Å². The molecule has 6 nitrogen and oxygen atoms in total. The average molecular weight is 268 g/mol. The SMILES string of the molecule is COC1(c2noc(CC(C)CC(=O)O)n2)CCCC1. The Morgan fingerprint density at radius 3 is 2.79 bits per heavy atom. The summed E-state index contributed by atoms with van der Waals surface area (Å²) in [5, 5.41) is 12.7. The van der Waals surface area contributed by atoms with Crippen LogP contribution in [0.3, 0.4) is 0 Å². The lowest BCUT2D eigenvalue weighted by Crippen LogP contribution is -2.26. The molecule has 1 saturated carbocycles. The van der Waals surface area contributed by atoms with Crippen LogP contribution in [0.15, 0.2) is 4.52 Å². The predicted octanol–water partition coefficient (Wildman–Crippen LogP) is 2.14. The Morgan fingerprint density at radius 1 is 1.53 bits per heavy atom. The van der Waals surface area contributed by atoms with Crippen LogP contribution in [0.2, 0.25) is 0 Å². The van der Waals surface area contributed by atoms with Gasteiger partial charge in [-0.15, -0.1) is 0 Å². The first-order chi connectivity index (χ1) is 9.05. The van der Waals surface area contributed by atoms with Gasteiger partial charge in [-0.2, -0.15) is 4.98 Å². The third kappa shape index (κ3) is 3.12. The van der Waals surface area contributed by atoms with Gasteiger partial charge in [0.1, 0.15) is 5.60 Å². The molecule has 19 heavy (non-hydrogen) atoms. The molecule has 0 bridgehead atoms. The number of carboxylic acid groups (broad SMARTS) is 1. The van der Waals surface area contributed by atoms with Crippen molar-refractivity contribution in [3.8, 4) is 0 Å². The molecular weight excluding hydrogens is 248 g/mol. The van der Waals surface area contributed by atoms with Gasteiger partial charge in [-0.1, -0.05) is 12.1 Å². The predicted molar refractivity (Wildman–Crippen MR) is 66.6 cm³/mol. The van der Waals surface area contributed by atoms with E-state index in [4.69, 9.17) is 14.4 Å². The van der Waals surface area contributed by atoms with E-state index in [1.54, 1.807) is 7.11 Å². The summed E-state index contributed by atoms with van der Waals surface area (Å²) in [4.78, 5) is 15.0. The number of hydrogen-bond donors (Lipinski definition) is 1. The van der Waals surface area contributed by atoms with Crippen molar-refractivity contribution in [2.24, 2.45) is 5.92 Å². The molecule has 1 atom stereocenters. The van der Waals surface area contributed by atoms with Crippen molar-refractivity contribution in [2.75, 3.05) is 7.11 Å². The van der Waals surface area contributed by atoms with Crippen LogP contribution >= 0.6 is 0 Å². The zero-order valence-corrected chi connectivity index (χ0v) is 11.4. The summed E-state index contributed by atoms with van der Waals surface area (Å²) in [6.45, 7) is 1.86. The largest absolute Gasteiger partial charge is 0.481 e. The number of aromatic nitrogens is 2. The summed E-state index contributed by atoms with van der Waals surface area (Å²) in [5.41, 5.74) is -0.405. The number of hydrogen-bond acceptors (Lipinski definition) is 5. The normalized spacial score (nSPS) is 19.5. The van der Waals surface area contributed by atoms with Gasteiger partial charge in [0.25, 0.3) is 0 Å². The monoisotopic (exact) mass is 268 g/mol. The summed E-state index contributed by atoms with van der Waals surface area (Å²) in [6, 6.07) is 0. The Labute approximate surface area is 112 Å². The fourth-order valence-electron chi connectivity index (χ4n) is 2.66. The van der Waals surface area contributed by atoms with Gasteiger partial charge in [0, 0.05) is 20.0 Å². The van der Waals surface area contributed by atoms with Crippen LogP contribution < -0.4 is 0 Å². The molecular formula is C13H20N2O4. The minimum absolute atomic E-state index is 0.0205. The lowest BCUT2D eigenvalue weighted by atomic mass is 10.0. The Kier molecular flexibility index (Phi) is 4.19. The van der Waals surface area contributed by atoms with E-state index in [9.17, 15) is 4.79 Å². The number of ether oxygens (including phenoxy) is 1. The smallest absolute Gasteiger partial charge is 0.303 e. The molecule has 0 aliphatic heterocycles. The second-order valence-electron chi connectivity index (χ2n) is 5.32. The summed E-state index contributed by atoms with van der Waals surface area (Å²) in [5.74, 6) is 0.265. The van der Waals surface area contributed by atoms with Gasteiger partial charge in [0.15, 0.2) is 0 Å². The van der Waals surface area contributed by atoms with Crippen LogP contribution in [0, 0.1) is 5.92 Å². The molecule has 2 rings (SSSR count). The number of nitrogens with zero attached hydrogens (tertiary/aromatic N) is 2. The first kappa shape index (κ1) is 14.0. The minimum Gasteiger partial charge on any atom is -0.481 e. The van der Waals surface area contributed by atoms with Crippen LogP contribution in [-0.4, -0.2) is 28.3 Å². The summed E-state index contributed by atoms with van der Waals surface area (Å²) in [6.07, 6.45) is 4.62. The summed E-state index contributed by atoms with van der Waals surface area (Å²) >= 11 is 0. The zero-order valence-electron chi connectivity index (χ0n) is 11.4. The molecule has 0 aromatic carbocycles. The molecule has 0 amide bonds. The molecule has 1 unspecified atom stereocenters. The molecule has 0 spiro atoms. The molecule has 1 fully saturated rings. The molecule has 0 saturated heterocycles. The third-order valence-electron chi connectivity index (χ3n) is 3.72. The number of methoxy groups -OCH3 is 1. The van der Waals surface area contributed by atoms with Crippen molar-refractivity contribution in [1.29, 1.82) is 0 Å². The lowest BCUT2D eigenvalue weighted by Gasteiger charge is -2.22. The molecule has 1 aromatic rings. The van der Waals surface area contributed by atoms with Crippen molar-refractivity contribution in [1.82, 2.24) is 10.1 Å². The fraction of sp³-hybridized carbons (Fsp3) is 0.769. The Balaban J connectivity index is 2.04. The van der Waals surface area contributed by atoms with Gasteiger partial charge < -0.3 is 14.4 Å². The van der Waals surface area contributed by atoms with E-state index in [-0.39, 0.29) is 12.3 Å². The Bertz CT molecular complexity index is 438. The van der Waals surface area contributed by atoms with Gasteiger partial charge in [-0.05, 0) is 31.6 Å². The van der Waals surface area contributed by atoms with Gasteiger partial charge >= 0.3 is 5.97 Å². The molecule has 1 aliphatic rings. The maximum Gasteiger partial charge on any atom is 0.303 e. The van der Waals surface area contributed by atoms with E-state index in [1.807, 2.05) is 6.92 Å². The molecule has 1 heterocycles.